The van der Waals surface area contributed by atoms with E-state index < -0.39 is 5.97 Å². The summed E-state index contributed by atoms with van der Waals surface area (Å²) in [5.74, 6) is -0.766. The maximum absolute atomic E-state index is 10.9. The first kappa shape index (κ1) is 14.6. The third-order valence-corrected chi connectivity index (χ3v) is 5.56. The Morgan fingerprint density at radius 3 is 2.90 bits per heavy atom. The highest BCUT2D eigenvalue weighted by Crippen LogP contribution is 2.41. The molecule has 0 aliphatic carbocycles. The fraction of sp³-hybridized carbons (Fsp3) is 0.312. The van der Waals surface area contributed by atoms with Crippen LogP contribution >= 0.6 is 22.9 Å². The lowest BCUT2D eigenvalue weighted by atomic mass is 10.0. The molecule has 1 aromatic carbocycles. The molecule has 1 aliphatic rings. The molecule has 1 N–H and O–H groups in total. The fourth-order valence-electron chi connectivity index (χ4n) is 2.84. The van der Waals surface area contributed by atoms with Crippen LogP contribution in [0.25, 0.3) is 10.4 Å². The van der Waals surface area contributed by atoms with Crippen LogP contribution in [0.2, 0.25) is 5.02 Å². The predicted molar refractivity (Wildman–Crippen MR) is 86.1 cm³/mol. The van der Waals surface area contributed by atoms with Gasteiger partial charge in [-0.2, -0.15) is 0 Å². The first-order valence-electron chi connectivity index (χ1n) is 6.86. The van der Waals surface area contributed by atoms with Gasteiger partial charge in [-0.05, 0) is 30.5 Å². The molecule has 0 bridgehead atoms. The van der Waals surface area contributed by atoms with Crippen LogP contribution in [0.15, 0.2) is 24.3 Å². The van der Waals surface area contributed by atoms with Gasteiger partial charge < -0.3 is 5.11 Å². The number of aliphatic carboxylic acids is 1. The topological polar surface area (TPSA) is 40.5 Å². The van der Waals surface area contributed by atoms with Crippen molar-refractivity contribution in [1.29, 1.82) is 0 Å². The van der Waals surface area contributed by atoms with Gasteiger partial charge in [0.1, 0.15) is 0 Å². The molecule has 0 fully saturated rings. The molecule has 0 radical (unpaired) electrons. The number of carbonyl (C=O) groups is 1. The van der Waals surface area contributed by atoms with Gasteiger partial charge in [0, 0.05) is 33.4 Å². The summed E-state index contributed by atoms with van der Waals surface area (Å²) in [5, 5.41) is 9.70. The Morgan fingerprint density at radius 1 is 1.43 bits per heavy atom. The summed E-state index contributed by atoms with van der Waals surface area (Å²) in [6, 6.07) is 7.88. The van der Waals surface area contributed by atoms with E-state index in [0.29, 0.717) is 0 Å². The van der Waals surface area contributed by atoms with Gasteiger partial charge in [-0.25, -0.2) is 0 Å². The van der Waals surface area contributed by atoms with Crippen LogP contribution < -0.4 is 0 Å². The van der Waals surface area contributed by atoms with Crippen molar-refractivity contribution in [2.24, 2.45) is 0 Å². The Labute approximate surface area is 132 Å². The van der Waals surface area contributed by atoms with E-state index in [1.54, 1.807) is 11.3 Å². The maximum atomic E-state index is 10.9. The van der Waals surface area contributed by atoms with E-state index in [4.69, 9.17) is 16.7 Å². The first-order chi connectivity index (χ1) is 10.1. The summed E-state index contributed by atoms with van der Waals surface area (Å²) in [6.45, 7) is 3.77. The number of benzene rings is 1. The van der Waals surface area contributed by atoms with E-state index in [1.807, 2.05) is 29.2 Å². The normalized spacial score (nSPS) is 15.0. The summed E-state index contributed by atoms with van der Waals surface area (Å²) in [7, 11) is 0. The SMILES string of the molecule is Cc1c(-c2ccccc2Cl)sc2c1CCN(CC(=O)O)C2. The number of halogens is 1. The molecule has 21 heavy (non-hydrogen) atoms. The predicted octanol–water partition coefficient (Wildman–Crippen LogP) is 3.82. The zero-order valence-corrected chi connectivity index (χ0v) is 13.3. The number of rotatable bonds is 3. The van der Waals surface area contributed by atoms with Gasteiger partial charge in [-0.3, -0.25) is 9.69 Å². The van der Waals surface area contributed by atoms with Crippen molar-refractivity contribution >= 4 is 28.9 Å². The second-order valence-electron chi connectivity index (χ2n) is 5.29. The number of fused-ring (bicyclic) bond motifs is 1. The molecule has 110 valence electrons. The van der Waals surface area contributed by atoms with Gasteiger partial charge in [0.05, 0.1) is 6.54 Å². The molecule has 0 saturated heterocycles. The van der Waals surface area contributed by atoms with Crippen molar-refractivity contribution < 1.29 is 9.90 Å². The average Bonchev–Trinajstić information content (AvgIpc) is 2.75. The summed E-state index contributed by atoms with van der Waals surface area (Å²) >= 11 is 8.05. The molecule has 3 rings (SSSR count). The molecule has 0 spiro atoms. The van der Waals surface area contributed by atoms with Crippen molar-refractivity contribution in [3.63, 3.8) is 0 Å². The van der Waals surface area contributed by atoms with Crippen LogP contribution in [-0.4, -0.2) is 29.1 Å². The van der Waals surface area contributed by atoms with Crippen LogP contribution in [0.1, 0.15) is 16.0 Å². The smallest absolute Gasteiger partial charge is 0.317 e. The van der Waals surface area contributed by atoms with Crippen molar-refractivity contribution in [3.8, 4) is 10.4 Å². The van der Waals surface area contributed by atoms with E-state index >= 15 is 0 Å². The summed E-state index contributed by atoms with van der Waals surface area (Å²) < 4.78 is 0. The Bertz CT molecular complexity index is 696. The van der Waals surface area contributed by atoms with Gasteiger partial charge >= 0.3 is 5.97 Å². The highest BCUT2D eigenvalue weighted by atomic mass is 35.5. The zero-order valence-electron chi connectivity index (χ0n) is 11.7. The minimum atomic E-state index is -0.766. The Balaban J connectivity index is 1.95. The van der Waals surface area contributed by atoms with Crippen LogP contribution in [0.3, 0.4) is 0 Å². The Hall–Kier alpha value is -1.36. The minimum absolute atomic E-state index is 0.109. The maximum Gasteiger partial charge on any atom is 0.317 e. The molecule has 5 heteroatoms. The Kier molecular flexibility index (Phi) is 4.02. The van der Waals surface area contributed by atoms with Crippen molar-refractivity contribution in [1.82, 2.24) is 4.90 Å². The second-order valence-corrected chi connectivity index (χ2v) is 6.80. The van der Waals surface area contributed by atoms with E-state index in [2.05, 4.69) is 6.92 Å². The number of thiophene rings is 1. The van der Waals surface area contributed by atoms with Gasteiger partial charge in [0.2, 0.25) is 0 Å². The number of carboxylic acids is 1. The van der Waals surface area contributed by atoms with Crippen molar-refractivity contribution in [2.75, 3.05) is 13.1 Å². The Morgan fingerprint density at radius 2 is 2.19 bits per heavy atom. The third-order valence-electron chi connectivity index (χ3n) is 3.88. The number of hydrogen-bond acceptors (Lipinski definition) is 3. The van der Waals surface area contributed by atoms with E-state index in [1.165, 1.54) is 20.9 Å². The summed E-state index contributed by atoms with van der Waals surface area (Å²) in [6.07, 6.45) is 0.912. The molecule has 1 aliphatic heterocycles. The molecule has 0 atom stereocenters. The van der Waals surface area contributed by atoms with Gasteiger partial charge in [0.15, 0.2) is 0 Å². The molecular formula is C16H16ClNO2S. The van der Waals surface area contributed by atoms with Crippen LogP contribution in [0, 0.1) is 6.92 Å². The standard InChI is InChI=1S/C16H16ClNO2S/c1-10-11-6-7-18(9-15(19)20)8-14(11)21-16(10)12-4-2-3-5-13(12)17/h2-5H,6-9H2,1H3,(H,19,20). The fourth-order valence-corrected chi connectivity index (χ4v) is 4.57. The summed E-state index contributed by atoms with van der Waals surface area (Å²) in [5.41, 5.74) is 3.73. The second kappa shape index (κ2) is 5.79. The van der Waals surface area contributed by atoms with Crippen molar-refractivity contribution in [3.05, 3.63) is 45.3 Å². The largest absolute Gasteiger partial charge is 0.480 e. The molecule has 2 aromatic rings. The highest BCUT2D eigenvalue weighted by molar-refractivity contribution is 7.16. The zero-order chi connectivity index (χ0) is 15.0. The first-order valence-corrected chi connectivity index (χ1v) is 8.06. The quantitative estimate of drug-likeness (QED) is 0.934. The van der Waals surface area contributed by atoms with Gasteiger partial charge in [-0.15, -0.1) is 11.3 Å². The lowest BCUT2D eigenvalue weighted by Crippen LogP contribution is -2.34. The van der Waals surface area contributed by atoms with Crippen LogP contribution in [-0.2, 0) is 17.8 Å². The van der Waals surface area contributed by atoms with Gasteiger partial charge in [-0.1, -0.05) is 29.8 Å². The molecular weight excluding hydrogens is 306 g/mol. The van der Waals surface area contributed by atoms with E-state index in [9.17, 15) is 4.79 Å². The number of hydrogen-bond donors (Lipinski definition) is 1. The minimum Gasteiger partial charge on any atom is -0.480 e. The van der Waals surface area contributed by atoms with E-state index in [-0.39, 0.29) is 6.54 Å². The number of carboxylic acid groups (broad SMARTS) is 1. The highest BCUT2D eigenvalue weighted by Gasteiger charge is 2.24. The van der Waals surface area contributed by atoms with Crippen LogP contribution in [0.5, 0.6) is 0 Å². The molecule has 3 nitrogen and oxygen atoms in total. The summed E-state index contributed by atoms with van der Waals surface area (Å²) in [4.78, 5) is 15.3. The lowest BCUT2D eigenvalue weighted by molar-refractivity contribution is -0.138. The van der Waals surface area contributed by atoms with E-state index in [0.717, 1.165) is 30.1 Å². The number of nitrogens with zero attached hydrogens (tertiary/aromatic N) is 1. The lowest BCUT2D eigenvalue weighted by Gasteiger charge is -2.25. The molecule has 0 saturated carbocycles. The molecule has 1 aromatic heterocycles. The molecule has 2 heterocycles. The van der Waals surface area contributed by atoms with Crippen molar-refractivity contribution in [2.45, 2.75) is 19.9 Å². The third kappa shape index (κ3) is 2.84. The molecule has 0 amide bonds. The monoisotopic (exact) mass is 321 g/mol. The van der Waals surface area contributed by atoms with Gasteiger partial charge in [0.25, 0.3) is 0 Å². The van der Waals surface area contributed by atoms with Crippen LogP contribution in [0.4, 0.5) is 0 Å². The average molecular weight is 322 g/mol. The molecule has 0 unspecified atom stereocenters.